The molecule has 3 fully saturated rings. The van der Waals surface area contributed by atoms with Gasteiger partial charge in [0.2, 0.25) is 0 Å². The van der Waals surface area contributed by atoms with E-state index in [4.69, 9.17) is 9.47 Å². The van der Waals surface area contributed by atoms with Crippen molar-refractivity contribution in [3.05, 3.63) is 60.2 Å². The first kappa shape index (κ1) is 23.5. The van der Waals surface area contributed by atoms with Crippen LogP contribution in [0.15, 0.2) is 48.7 Å². The molecule has 7 heteroatoms. The SMILES string of the molecule is CCOC(=O)N[C@@H]1CC[C@@H]2[C@@H](C1)C[C@@H]1CC(=O)O[C@@H]1[C@H]2C=Cc1ccc(-c2cccc(F)c2)cn1. The molecule has 6 atom stereocenters. The maximum absolute atomic E-state index is 13.6. The highest BCUT2D eigenvalue weighted by Crippen LogP contribution is 2.50. The Morgan fingerprint density at radius 1 is 1.20 bits per heavy atom. The zero-order chi connectivity index (χ0) is 24.4. The predicted octanol–water partition coefficient (Wildman–Crippen LogP) is 5.38. The van der Waals surface area contributed by atoms with Gasteiger partial charge in [-0.3, -0.25) is 9.78 Å². The number of halogens is 1. The Morgan fingerprint density at radius 2 is 2.09 bits per heavy atom. The van der Waals surface area contributed by atoms with Gasteiger partial charge in [-0.15, -0.1) is 0 Å². The molecule has 0 spiro atoms. The van der Waals surface area contributed by atoms with E-state index in [0.717, 1.165) is 42.5 Å². The number of carbonyl (C=O) groups is 2. The van der Waals surface area contributed by atoms with E-state index in [-0.39, 0.29) is 41.9 Å². The molecular formula is C28H31FN2O4. The molecule has 0 radical (unpaired) electrons. The van der Waals surface area contributed by atoms with E-state index in [1.165, 1.54) is 12.1 Å². The van der Waals surface area contributed by atoms with E-state index in [9.17, 15) is 14.0 Å². The number of fused-ring (bicyclic) bond motifs is 2. The van der Waals surface area contributed by atoms with Crippen LogP contribution in [0.3, 0.4) is 0 Å². The topological polar surface area (TPSA) is 77.5 Å². The van der Waals surface area contributed by atoms with Gasteiger partial charge in [-0.05, 0) is 74.3 Å². The molecule has 1 aromatic heterocycles. The molecule has 2 aromatic rings. The van der Waals surface area contributed by atoms with Crippen LogP contribution in [0, 0.1) is 29.5 Å². The largest absolute Gasteiger partial charge is 0.461 e. The van der Waals surface area contributed by atoms with Gasteiger partial charge in [0.15, 0.2) is 0 Å². The molecule has 6 nitrogen and oxygen atoms in total. The minimum absolute atomic E-state index is 0.0962. The Bertz CT molecular complexity index is 1100. The monoisotopic (exact) mass is 478 g/mol. The first-order chi connectivity index (χ1) is 17.0. The van der Waals surface area contributed by atoms with E-state index >= 15 is 0 Å². The van der Waals surface area contributed by atoms with E-state index in [2.05, 4.69) is 16.4 Å². The number of amides is 1. The Labute approximate surface area is 204 Å². The first-order valence-electron chi connectivity index (χ1n) is 12.5. The van der Waals surface area contributed by atoms with E-state index in [0.29, 0.717) is 24.9 Å². The molecule has 0 bridgehead atoms. The molecule has 0 unspecified atom stereocenters. The Hall–Kier alpha value is -3.22. The highest BCUT2D eigenvalue weighted by atomic mass is 19.1. The molecule has 2 heterocycles. The summed E-state index contributed by atoms with van der Waals surface area (Å²) in [7, 11) is 0. The maximum Gasteiger partial charge on any atom is 0.407 e. The molecule has 1 amide bonds. The Balaban J connectivity index is 1.31. The van der Waals surface area contributed by atoms with Gasteiger partial charge in [0, 0.05) is 29.6 Å². The van der Waals surface area contributed by atoms with Crippen molar-refractivity contribution in [2.75, 3.05) is 6.61 Å². The Kier molecular flexibility index (Phi) is 6.84. The third-order valence-corrected chi connectivity index (χ3v) is 7.71. The van der Waals surface area contributed by atoms with Crippen molar-refractivity contribution >= 4 is 18.1 Å². The molecule has 1 saturated heterocycles. The number of carbonyl (C=O) groups excluding carboxylic acids is 2. The smallest absolute Gasteiger partial charge is 0.407 e. The molecular weight excluding hydrogens is 447 g/mol. The second kappa shape index (κ2) is 10.2. The van der Waals surface area contributed by atoms with E-state index in [1.54, 1.807) is 19.2 Å². The number of ether oxygens (including phenoxy) is 2. The maximum atomic E-state index is 13.6. The van der Waals surface area contributed by atoms with Crippen molar-refractivity contribution in [1.82, 2.24) is 10.3 Å². The number of alkyl carbamates (subject to hydrolysis) is 1. The third-order valence-electron chi connectivity index (χ3n) is 7.71. The molecule has 1 N–H and O–H groups in total. The van der Waals surface area contributed by atoms with Gasteiger partial charge in [-0.25, -0.2) is 9.18 Å². The van der Waals surface area contributed by atoms with Crippen LogP contribution >= 0.6 is 0 Å². The van der Waals surface area contributed by atoms with E-state index < -0.39 is 0 Å². The number of nitrogens with zero attached hydrogens (tertiary/aromatic N) is 1. The fourth-order valence-electron chi connectivity index (χ4n) is 6.21. The second-order valence-corrected chi connectivity index (χ2v) is 9.87. The van der Waals surface area contributed by atoms with Crippen LogP contribution in [0.25, 0.3) is 17.2 Å². The van der Waals surface area contributed by atoms with Crippen molar-refractivity contribution in [3.63, 3.8) is 0 Å². The third kappa shape index (κ3) is 5.24. The van der Waals surface area contributed by atoms with Crippen molar-refractivity contribution in [2.24, 2.45) is 23.7 Å². The quantitative estimate of drug-likeness (QED) is 0.584. The fraction of sp³-hybridized carbons (Fsp3) is 0.464. The first-order valence-corrected chi connectivity index (χ1v) is 12.5. The van der Waals surface area contributed by atoms with Gasteiger partial charge in [0.05, 0.1) is 18.7 Å². The number of aromatic nitrogens is 1. The lowest BCUT2D eigenvalue weighted by molar-refractivity contribution is -0.145. The minimum atomic E-state index is -0.353. The average molecular weight is 479 g/mol. The summed E-state index contributed by atoms with van der Waals surface area (Å²) in [5.74, 6) is 0.762. The van der Waals surface area contributed by atoms with Gasteiger partial charge in [-0.2, -0.15) is 0 Å². The molecule has 35 heavy (non-hydrogen) atoms. The van der Waals surface area contributed by atoms with Crippen LogP contribution in [0.5, 0.6) is 0 Å². The molecule has 5 rings (SSSR count). The van der Waals surface area contributed by atoms with Gasteiger partial charge >= 0.3 is 12.1 Å². The summed E-state index contributed by atoms with van der Waals surface area (Å²) in [6.45, 7) is 2.16. The highest BCUT2D eigenvalue weighted by Gasteiger charge is 2.51. The zero-order valence-electron chi connectivity index (χ0n) is 19.9. The van der Waals surface area contributed by atoms with Gasteiger partial charge in [0.25, 0.3) is 0 Å². The summed E-state index contributed by atoms with van der Waals surface area (Å²) in [4.78, 5) is 28.6. The van der Waals surface area contributed by atoms with Crippen molar-refractivity contribution < 1.29 is 23.5 Å². The molecule has 3 aliphatic rings. The summed E-state index contributed by atoms with van der Waals surface area (Å²) < 4.78 is 24.4. The predicted molar refractivity (Wildman–Crippen MR) is 130 cm³/mol. The molecule has 1 aromatic carbocycles. The average Bonchev–Trinajstić information content (AvgIpc) is 3.22. The standard InChI is InChI=1S/C28H31FN2O4/c1-2-34-28(33)31-23-9-10-24-19(14-23)12-20-15-26(32)35-27(20)25(24)11-8-22-7-6-18(16-30-22)17-4-3-5-21(29)13-17/h3-8,11,13,16,19-20,23-25,27H,2,9-10,12,14-15H2,1H3,(H,31,33)/t19-,20-,23-,24-,25+,27+/m1/s1. The number of esters is 1. The van der Waals surface area contributed by atoms with E-state index in [1.807, 2.05) is 24.3 Å². The van der Waals surface area contributed by atoms with Crippen LogP contribution in [0.1, 0.15) is 44.7 Å². The number of benzene rings is 1. The Morgan fingerprint density at radius 3 is 2.86 bits per heavy atom. The summed E-state index contributed by atoms with van der Waals surface area (Å²) in [6, 6.07) is 10.4. The van der Waals surface area contributed by atoms with Crippen molar-refractivity contribution in [1.29, 1.82) is 0 Å². The van der Waals surface area contributed by atoms with Crippen molar-refractivity contribution in [3.8, 4) is 11.1 Å². The molecule has 2 saturated carbocycles. The van der Waals surface area contributed by atoms with Gasteiger partial charge in [-0.1, -0.05) is 24.3 Å². The number of rotatable bonds is 5. The van der Waals surface area contributed by atoms with Gasteiger partial charge < -0.3 is 14.8 Å². The second-order valence-electron chi connectivity index (χ2n) is 9.87. The lowest BCUT2D eigenvalue weighted by atomic mass is 9.60. The normalized spacial score (nSPS) is 29.8. The molecule has 1 aliphatic heterocycles. The lowest BCUT2D eigenvalue weighted by Crippen LogP contribution is -2.48. The summed E-state index contributed by atoms with van der Waals surface area (Å²) >= 11 is 0. The number of pyridine rings is 1. The zero-order valence-corrected chi connectivity index (χ0v) is 19.9. The van der Waals surface area contributed by atoms with Crippen LogP contribution in [-0.2, 0) is 14.3 Å². The van der Waals surface area contributed by atoms with Gasteiger partial charge in [0.1, 0.15) is 11.9 Å². The minimum Gasteiger partial charge on any atom is -0.461 e. The van der Waals surface area contributed by atoms with Crippen LogP contribution in [0.4, 0.5) is 9.18 Å². The number of hydrogen-bond acceptors (Lipinski definition) is 5. The molecule has 2 aliphatic carbocycles. The number of nitrogens with one attached hydrogen (secondary N) is 1. The summed E-state index contributed by atoms with van der Waals surface area (Å²) in [6.07, 6.45) is 9.63. The molecule has 184 valence electrons. The van der Waals surface area contributed by atoms with Crippen molar-refractivity contribution in [2.45, 2.75) is 51.2 Å². The van der Waals surface area contributed by atoms with Crippen LogP contribution < -0.4 is 5.32 Å². The lowest BCUT2D eigenvalue weighted by Gasteiger charge is -2.47. The van der Waals surface area contributed by atoms with Crippen LogP contribution in [-0.4, -0.2) is 35.8 Å². The summed E-state index contributed by atoms with van der Waals surface area (Å²) in [5.41, 5.74) is 2.46. The fourth-order valence-corrected chi connectivity index (χ4v) is 6.21. The highest BCUT2D eigenvalue weighted by molar-refractivity contribution is 5.72. The number of hydrogen-bond donors (Lipinski definition) is 1. The summed E-state index contributed by atoms with van der Waals surface area (Å²) in [5, 5.41) is 3.01. The van der Waals surface area contributed by atoms with Crippen LogP contribution in [0.2, 0.25) is 0 Å².